The van der Waals surface area contributed by atoms with Crippen molar-refractivity contribution in [3.8, 4) is 0 Å². The maximum Gasteiger partial charge on any atom is -0.0104 e. The van der Waals surface area contributed by atoms with Gasteiger partial charge in [0.25, 0.3) is 0 Å². The molecule has 0 atom stereocenters. The highest BCUT2D eigenvalue weighted by Crippen LogP contribution is 2.35. The molecule has 0 amide bonds. The van der Waals surface area contributed by atoms with Gasteiger partial charge in [0, 0.05) is 0 Å². The van der Waals surface area contributed by atoms with Crippen molar-refractivity contribution in [1.29, 1.82) is 0 Å². The van der Waals surface area contributed by atoms with Gasteiger partial charge in [-0.25, -0.2) is 0 Å². The van der Waals surface area contributed by atoms with Crippen LogP contribution in [0.5, 0.6) is 0 Å². The first-order chi connectivity index (χ1) is 19.5. The molecule has 0 bridgehead atoms. The van der Waals surface area contributed by atoms with Crippen LogP contribution < -0.4 is 20.4 Å². The van der Waals surface area contributed by atoms with E-state index in [-0.39, 0.29) is 60.6 Å². The van der Waals surface area contributed by atoms with Crippen molar-refractivity contribution in [3.63, 3.8) is 0 Å². The van der Waals surface area contributed by atoms with Gasteiger partial charge in [-0.1, -0.05) is 121 Å². The van der Waals surface area contributed by atoms with Crippen LogP contribution in [0.2, 0.25) is 0 Å². The Morgan fingerprint density at radius 3 is 0.775 bits per heavy atom. The Labute approximate surface area is 235 Å². The first-order valence-corrected chi connectivity index (χ1v) is 13.6. The van der Waals surface area contributed by atoms with Crippen LogP contribution in [-0.4, -0.2) is 0 Å². The van der Waals surface area contributed by atoms with E-state index in [0.717, 1.165) is 11.1 Å². The van der Waals surface area contributed by atoms with E-state index in [1.807, 2.05) is 72.9 Å². The van der Waals surface area contributed by atoms with Gasteiger partial charge in [-0.3, -0.25) is 0 Å². The zero-order valence-corrected chi connectivity index (χ0v) is 22.2. The van der Waals surface area contributed by atoms with Crippen molar-refractivity contribution < 1.29 is 20.4 Å². The number of benzene rings is 1. The summed E-state index contributed by atoms with van der Waals surface area (Å²) < 4.78 is 0. The Hall–Kier alpha value is -4.70. The molecule has 5 rings (SSSR count). The standard InChI is InChI=1S/C36H34O4/c37-33(27-9-1-2-10-27)21-31(22-34(38)28-11-3-4-12-28)25-17-19-26(20-18-25)32(23-35(39)29-13-5-6-14-29)24-36(40)30-15-7-8-16-30/h1-20,31-32,37-40H,21-24H2/p-4. The van der Waals surface area contributed by atoms with Crippen LogP contribution in [0, 0.1) is 0 Å². The summed E-state index contributed by atoms with van der Waals surface area (Å²) in [5.74, 6) is -0.621. The van der Waals surface area contributed by atoms with Gasteiger partial charge in [0.05, 0.1) is 0 Å². The van der Waals surface area contributed by atoms with Crippen LogP contribution in [0.25, 0.3) is 0 Å². The molecule has 0 radical (unpaired) electrons. The van der Waals surface area contributed by atoms with E-state index in [2.05, 4.69) is 0 Å². The van der Waals surface area contributed by atoms with Crippen LogP contribution in [-0.2, 0) is 0 Å². The minimum atomic E-state index is -0.297. The van der Waals surface area contributed by atoms with Crippen molar-refractivity contribution in [3.05, 3.63) is 178 Å². The lowest BCUT2D eigenvalue weighted by Crippen LogP contribution is -2.17. The summed E-state index contributed by atoms with van der Waals surface area (Å²) in [6, 6.07) is 7.74. The van der Waals surface area contributed by atoms with Crippen LogP contribution in [0.15, 0.2) is 167 Å². The summed E-state index contributed by atoms with van der Waals surface area (Å²) >= 11 is 0. The van der Waals surface area contributed by atoms with Gasteiger partial charge in [0.15, 0.2) is 0 Å². The third-order valence-corrected chi connectivity index (χ3v) is 7.55. The fourth-order valence-corrected chi connectivity index (χ4v) is 5.26. The third-order valence-electron chi connectivity index (χ3n) is 7.55. The van der Waals surface area contributed by atoms with Crippen molar-refractivity contribution in [2.75, 3.05) is 0 Å². The number of hydrogen-bond acceptors (Lipinski definition) is 4. The Morgan fingerprint density at radius 1 is 0.375 bits per heavy atom. The van der Waals surface area contributed by atoms with E-state index in [1.165, 1.54) is 0 Å². The van der Waals surface area contributed by atoms with E-state index in [1.54, 1.807) is 48.6 Å². The maximum atomic E-state index is 13.0. The topological polar surface area (TPSA) is 92.2 Å². The van der Waals surface area contributed by atoms with Crippen LogP contribution in [0.1, 0.15) is 48.6 Å². The Balaban J connectivity index is 1.43. The largest absolute Gasteiger partial charge is 0.875 e. The third kappa shape index (κ3) is 6.47. The molecular formula is C36H30O4-4. The molecular weight excluding hydrogens is 496 g/mol. The number of hydrogen-bond donors (Lipinski definition) is 0. The maximum absolute atomic E-state index is 13.0. The quantitative estimate of drug-likeness (QED) is 0.423. The van der Waals surface area contributed by atoms with Crippen molar-refractivity contribution >= 4 is 0 Å². The summed E-state index contributed by atoms with van der Waals surface area (Å²) in [7, 11) is 0. The number of allylic oxidation sites excluding steroid dienone is 24. The fraction of sp³-hybridized carbons (Fsp3) is 0.167. The summed E-state index contributed by atoms with van der Waals surface area (Å²) in [6.45, 7) is 0. The molecule has 0 aliphatic heterocycles. The molecule has 4 aliphatic rings. The fourth-order valence-electron chi connectivity index (χ4n) is 5.26. The first-order valence-electron chi connectivity index (χ1n) is 13.6. The molecule has 0 fully saturated rings. The lowest BCUT2D eigenvalue weighted by molar-refractivity contribution is -0.314. The van der Waals surface area contributed by atoms with Crippen molar-refractivity contribution in [2.24, 2.45) is 0 Å². The van der Waals surface area contributed by atoms with Gasteiger partial charge >= 0.3 is 0 Å². The average Bonchev–Trinajstić information content (AvgIpc) is 3.80. The number of rotatable bonds is 10. The Morgan fingerprint density at radius 2 is 0.575 bits per heavy atom. The van der Waals surface area contributed by atoms with Gasteiger partial charge in [-0.05, 0) is 70.9 Å². The molecule has 4 heteroatoms. The zero-order chi connectivity index (χ0) is 27.9. The van der Waals surface area contributed by atoms with Crippen molar-refractivity contribution in [2.45, 2.75) is 37.5 Å². The molecule has 0 saturated heterocycles. The predicted molar refractivity (Wildman–Crippen MR) is 152 cm³/mol. The van der Waals surface area contributed by atoms with E-state index in [9.17, 15) is 20.4 Å². The van der Waals surface area contributed by atoms with Gasteiger partial charge < -0.3 is 20.4 Å². The second-order valence-corrected chi connectivity index (χ2v) is 10.3. The summed E-state index contributed by atoms with van der Waals surface area (Å²) in [5.41, 5.74) is 4.32. The second kappa shape index (κ2) is 12.4. The molecule has 0 aromatic heterocycles. The Bertz CT molecular complexity index is 1250. The van der Waals surface area contributed by atoms with Crippen LogP contribution in [0.3, 0.4) is 0 Å². The lowest BCUT2D eigenvalue weighted by atomic mass is 9.85. The minimum Gasteiger partial charge on any atom is -0.875 e. The molecule has 1 aromatic carbocycles. The molecule has 0 heterocycles. The molecule has 4 nitrogen and oxygen atoms in total. The summed E-state index contributed by atoms with van der Waals surface area (Å²) in [4.78, 5) is 0. The molecule has 0 N–H and O–H groups in total. The van der Waals surface area contributed by atoms with Gasteiger partial charge in [0.1, 0.15) is 0 Å². The molecule has 0 spiro atoms. The predicted octanol–water partition coefficient (Wildman–Crippen LogP) is 4.38. The summed E-state index contributed by atoms with van der Waals surface area (Å²) in [5, 5.41) is 52.1. The molecule has 0 unspecified atom stereocenters. The lowest BCUT2D eigenvalue weighted by Gasteiger charge is -2.29. The normalized spacial score (nSPS) is 16.2. The van der Waals surface area contributed by atoms with Crippen LogP contribution >= 0.6 is 0 Å². The SMILES string of the molecule is [O-]C(CC(CC([O-])=C1C=CC=C1)c1ccc(C(CC([O-])=C2C=CC=C2)CC([O-])=C2C=CC=C2)cc1)=C1C=CC=C1. The van der Waals surface area contributed by atoms with E-state index < -0.39 is 0 Å². The molecule has 0 saturated carbocycles. The highest BCUT2D eigenvalue weighted by molar-refractivity contribution is 5.45. The average molecular weight is 527 g/mol. The van der Waals surface area contributed by atoms with Gasteiger partial charge in [0.2, 0.25) is 0 Å². The minimum absolute atomic E-state index is 0.00662. The highest BCUT2D eigenvalue weighted by Gasteiger charge is 2.17. The smallest absolute Gasteiger partial charge is 0.0104 e. The zero-order valence-electron chi connectivity index (χ0n) is 22.2. The van der Waals surface area contributed by atoms with E-state index >= 15 is 0 Å². The highest BCUT2D eigenvalue weighted by atomic mass is 16.3. The van der Waals surface area contributed by atoms with Gasteiger partial charge in [-0.2, -0.15) is 0 Å². The Kier molecular flexibility index (Phi) is 8.36. The first kappa shape index (κ1) is 26.9. The molecule has 202 valence electrons. The monoisotopic (exact) mass is 526 g/mol. The summed E-state index contributed by atoms with van der Waals surface area (Å²) in [6.07, 6.45) is 29.8. The van der Waals surface area contributed by atoms with Crippen LogP contribution in [0.4, 0.5) is 0 Å². The second-order valence-electron chi connectivity index (χ2n) is 10.3. The van der Waals surface area contributed by atoms with Gasteiger partial charge in [-0.15, -0.1) is 23.0 Å². The van der Waals surface area contributed by atoms with Crippen molar-refractivity contribution in [1.82, 2.24) is 0 Å². The van der Waals surface area contributed by atoms with E-state index in [0.29, 0.717) is 22.3 Å². The van der Waals surface area contributed by atoms with E-state index in [4.69, 9.17) is 0 Å². The molecule has 40 heavy (non-hydrogen) atoms. The molecule has 4 aliphatic carbocycles. The molecule has 1 aromatic rings.